The molecule has 0 saturated carbocycles. The smallest absolute Gasteiger partial charge is 0.287 e. The molecular formula is C12H15ClN4OS. The molecule has 0 fully saturated rings. The Labute approximate surface area is 120 Å². The van der Waals surface area contributed by atoms with E-state index in [4.69, 9.17) is 11.6 Å². The molecule has 2 rings (SSSR count). The van der Waals surface area contributed by atoms with Gasteiger partial charge in [0.2, 0.25) is 0 Å². The van der Waals surface area contributed by atoms with E-state index < -0.39 is 0 Å². The Balaban J connectivity index is 2.14. The summed E-state index contributed by atoms with van der Waals surface area (Å²) in [5, 5.41) is 10.2. The van der Waals surface area contributed by atoms with Crippen LogP contribution in [0.2, 0.25) is 5.02 Å². The lowest BCUT2D eigenvalue weighted by atomic mass is 10.2. The number of hydrogen-bond acceptors (Lipinski definition) is 5. The summed E-state index contributed by atoms with van der Waals surface area (Å²) in [4.78, 5) is 16.2. The van der Waals surface area contributed by atoms with Crippen LogP contribution in [0.5, 0.6) is 0 Å². The van der Waals surface area contributed by atoms with Crippen molar-refractivity contribution in [3.05, 3.63) is 38.2 Å². The van der Waals surface area contributed by atoms with Crippen molar-refractivity contribution in [2.45, 2.75) is 26.9 Å². The van der Waals surface area contributed by atoms with Crippen molar-refractivity contribution in [1.29, 1.82) is 0 Å². The van der Waals surface area contributed by atoms with Crippen molar-refractivity contribution < 1.29 is 0 Å². The topological polar surface area (TPSA) is 59.8 Å². The first-order valence-corrected chi connectivity index (χ1v) is 7.21. The van der Waals surface area contributed by atoms with Gasteiger partial charge >= 0.3 is 0 Å². The van der Waals surface area contributed by atoms with Crippen molar-refractivity contribution in [3.8, 4) is 0 Å². The normalized spacial score (nSPS) is 10.9. The summed E-state index contributed by atoms with van der Waals surface area (Å²) in [6, 6.07) is 0. The van der Waals surface area contributed by atoms with Crippen molar-refractivity contribution in [1.82, 2.24) is 14.8 Å². The maximum absolute atomic E-state index is 12.0. The third-order valence-corrected chi connectivity index (χ3v) is 3.58. The van der Waals surface area contributed by atoms with E-state index in [0.717, 1.165) is 5.01 Å². The molecule has 7 heteroatoms. The predicted molar refractivity (Wildman–Crippen MR) is 77.8 cm³/mol. The van der Waals surface area contributed by atoms with Gasteiger partial charge in [0.05, 0.1) is 18.4 Å². The molecule has 0 aliphatic rings. The van der Waals surface area contributed by atoms with E-state index in [-0.39, 0.29) is 10.6 Å². The number of anilines is 1. The fourth-order valence-electron chi connectivity index (χ4n) is 1.58. The van der Waals surface area contributed by atoms with Gasteiger partial charge in [0, 0.05) is 18.1 Å². The SMILES string of the molecule is CC(C)Cn1ncc(NCc2nccs2)c(Cl)c1=O. The highest BCUT2D eigenvalue weighted by Gasteiger charge is 2.10. The van der Waals surface area contributed by atoms with Crippen LogP contribution in [-0.2, 0) is 13.1 Å². The van der Waals surface area contributed by atoms with Crippen molar-refractivity contribution in [2.24, 2.45) is 5.92 Å². The zero-order valence-electron chi connectivity index (χ0n) is 10.8. The maximum Gasteiger partial charge on any atom is 0.287 e. The largest absolute Gasteiger partial charge is 0.376 e. The molecule has 0 atom stereocenters. The Morgan fingerprint density at radius 3 is 2.95 bits per heavy atom. The van der Waals surface area contributed by atoms with Crippen LogP contribution in [0.3, 0.4) is 0 Å². The number of nitrogens with one attached hydrogen (secondary N) is 1. The molecule has 2 aromatic rings. The van der Waals surface area contributed by atoms with Gasteiger partial charge in [0.25, 0.3) is 5.56 Å². The second-order valence-corrected chi connectivity index (χ2v) is 5.89. The summed E-state index contributed by atoms with van der Waals surface area (Å²) in [7, 11) is 0. The number of nitrogens with zero attached hydrogens (tertiary/aromatic N) is 3. The fraction of sp³-hybridized carbons (Fsp3) is 0.417. The number of rotatable bonds is 5. The summed E-state index contributed by atoms with van der Waals surface area (Å²) in [6.07, 6.45) is 3.32. The molecule has 0 aromatic carbocycles. The average molecular weight is 299 g/mol. The number of aromatic nitrogens is 3. The molecule has 0 unspecified atom stereocenters. The number of halogens is 1. The lowest BCUT2D eigenvalue weighted by Gasteiger charge is -2.10. The molecule has 2 aromatic heterocycles. The molecule has 0 spiro atoms. The Bertz CT molecular complexity index is 594. The molecule has 19 heavy (non-hydrogen) atoms. The highest BCUT2D eigenvalue weighted by molar-refractivity contribution is 7.09. The Hall–Kier alpha value is -1.40. The number of thiazole rings is 1. The monoisotopic (exact) mass is 298 g/mol. The van der Waals surface area contributed by atoms with Crippen LogP contribution in [0.25, 0.3) is 0 Å². The van der Waals surface area contributed by atoms with Gasteiger partial charge in [-0.1, -0.05) is 25.4 Å². The minimum Gasteiger partial charge on any atom is -0.376 e. The second-order valence-electron chi connectivity index (χ2n) is 4.53. The zero-order chi connectivity index (χ0) is 13.8. The van der Waals surface area contributed by atoms with Crippen molar-refractivity contribution in [2.75, 3.05) is 5.32 Å². The summed E-state index contributed by atoms with van der Waals surface area (Å²) in [5.74, 6) is 0.343. The lowest BCUT2D eigenvalue weighted by molar-refractivity contribution is 0.464. The molecule has 0 radical (unpaired) electrons. The van der Waals surface area contributed by atoms with Crippen LogP contribution in [0, 0.1) is 5.92 Å². The molecule has 5 nitrogen and oxygen atoms in total. The highest BCUT2D eigenvalue weighted by Crippen LogP contribution is 2.17. The van der Waals surface area contributed by atoms with Crippen LogP contribution in [-0.4, -0.2) is 14.8 Å². The highest BCUT2D eigenvalue weighted by atomic mass is 35.5. The van der Waals surface area contributed by atoms with Gasteiger partial charge < -0.3 is 5.32 Å². The summed E-state index contributed by atoms with van der Waals surface area (Å²) in [5.41, 5.74) is 0.279. The van der Waals surface area contributed by atoms with E-state index in [1.165, 1.54) is 4.68 Å². The van der Waals surface area contributed by atoms with Gasteiger partial charge in [-0.15, -0.1) is 11.3 Å². The van der Waals surface area contributed by atoms with Crippen LogP contribution in [0.1, 0.15) is 18.9 Å². The quantitative estimate of drug-likeness (QED) is 0.922. The third-order valence-electron chi connectivity index (χ3n) is 2.44. The van der Waals surface area contributed by atoms with E-state index in [1.54, 1.807) is 23.7 Å². The molecule has 0 aliphatic carbocycles. The van der Waals surface area contributed by atoms with Crippen molar-refractivity contribution in [3.63, 3.8) is 0 Å². The summed E-state index contributed by atoms with van der Waals surface area (Å²) in [6.45, 7) is 5.14. The lowest BCUT2D eigenvalue weighted by Crippen LogP contribution is -2.26. The molecule has 1 N–H and O–H groups in total. The van der Waals surface area contributed by atoms with Crippen LogP contribution >= 0.6 is 22.9 Å². The van der Waals surface area contributed by atoms with Gasteiger partial charge in [-0.05, 0) is 5.92 Å². The summed E-state index contributed by atoms with van der Waals surface area (Å²) < 4.78 is 1.39. The van der Waals surface area contributed by atoms with Crippen LogP contribution in [0.15, 0.2) is 22.6 Å². The fourth-order valence-corrected chi connectivity index (χ4v) is 2.34. The molecule has 102 valence electrons. The van der Waals surface area contributed by atoms with Crippen LogP contribution in [0.4, 0.5) is 5.69 Å². The standard InChI is InChI=1S/C12H15ClN4OS/c1-8(2)7-17-12(18)11(13)9(5-16-17)15-6-10-14-3-4-19-10/h3-5,8,15H,6-7H2,1-2H3. The first-order valence-electron chi connectivity index (χ1n) is 5.95. The van der Waals surface area contributed by atoms with E-state index in [9.17, 15) is 4.79 Å². The van der Waals surface area contributed by atoms with E-state index >= 15 is 0 Å². The first kappa shape index (κ1) is 14.0. The molecule has 0 amide bonds. The Kier molecular flexibility index (Phi) is 4.55. The van der Waals surface area contributed by atoms with E-state index in [2.05, 4.69) is 15.4 Å². The second kappa shape index (κ2) is 6.16. The van der Waals surface area contributed by atoms with Gasteiger partial charge in [-0.25, -0.2) is 9.67 Å². The minimum atomic E-state index is -0.264. The van der Waals surface area contributed by atoms with E-state index in [1.807, 2.05) is 19.2 Å². The van der Waals surface area contributed by atoms with Gasteiger partial charge in [0.1, 0.15) is 10.0 Å². The van der Waals surface area contributed by atoms with Crippen LogP contribution < -0.4 is 10.9 Å². The van der Waals surface area contributed by atoms with Crippen molar-refractivity contribution >= 4 is 28.6 Å². The van der Waals surface area contributed by atoms with Gasteiger partial charge in [0.15, 0.2) is 0 Å². The maximum atomic E-state index is 12.0. The predicted octanol–water partition coefficient (Wildman–Crippen LogP) is 2.62. The molecule has 0 saturated heterocycles. The summed E-state index contributed by atoms with van der Waals surface area (Å²) >= 11 is 7.61. The van der Waals surface area contributed by atoms with Gasteiger partial charge in [-0.2, -0.15) is 5.10 Å². The minimum absolute atomic E-state index is 0.173. The Morgan fingerprint density at radius 1 is 1.53 bits per heavy atom. The molecule has 0 aliphatic heterocycles. The van der Waals surface area contributed by atoms with Gasteiger partial charge in [-0.3, -0.25) is 4.79 Å². The zero-order valence-corrected chi connectivity index (χ0v) is 12.3. The van der Waals surface area contributed by atoms with E-state index in [0.29, 0.717) is 24.7 Å². The number of hydrogen-bond donors (Lipinski definition) is 1. The first-order chi connectivity index (χ1) is 9.08. The third kappa shape index (κ3) is 3.54. The average Bonchev–Trinajstić information content (AvgIpc) is 2.87. The Morgan fingerprint density at radius 2 is 2.32 bits per heavy atom. The molecule has 2 heterocycles. The molecular weight excluding hydrogens is 284 g/mol. The molecule has 0 bridgehead atoms.